The molecule has 2 aromatic carbocycles. The van der Waals surface area contributed by atoms with Gasteiger partial charge in [-0.05, 0) is 49.6 Å². The Bertz CT molecular complexity index is 734. The van der Waals surface area contributed by atoms with Crippen LogP contribution in [-0.2, 0) is 6.42 Å². The number of hydrogen-bond acceptors (Lipinski definition) is 3. The molecule has 2 aromatic rings. The van der Waals surface area contributed by atoms with Crippen LogP contribution < -0.4 is 14.8 Å². The van der Waals surface area contributed by atoms with Gasteiger partial charge >= 0.3 is 0 Å². The minimum atomic E-state index is -0.575. The number of hydrogen-bond donors (Lipinski definition) is 1. The summed E-state index contributed by atoms with van der Waals surface area (Å²) in [4.78, 5) is 0. The third kappa shape index (κ3) is 3.22. The number of halogens is 2. The molecule has 3 nitrogen and oxygen atoms in total. The van der Waals surface area contributed by atoms with E-state index in [1.54, 1.807) is 0 Å². The first-order chi connectivity index (χ1) is 11.6. The van der Waals surface area contributed by atoms with Crippen LogP contribution in [0.25, 0.3) is 0 Å². The first-order valence-corrected chi connectivity index (χ1v) is 8.24. The van der Waals surface area contributed by atoms with Crippen LogP contribution in [0.4, 0.5) is 8.78 Å². The third-order valence-electron chi connectivity index (χ3n) is 4.13. The number of nitrogens with one attached hydrogen (secondary N) is 1. The lowest BCUT2D eigenvalue weighted by Crippen LogP contribution is -2.31. The van der Waals surface area contributed by atoms with E-state index < -0.39 is 11.6 Å². The van der Waals surface area contributed by atoms with Crippen molar-refractivity contribution >= 4 is 0 Å². The number of ether oxygens (including phenoxy) is 2. The van der Waals surface area contributed by atoms with Gasteiger partial charge in [-0.25, -0.2) is 8.78 Å². The Morgan fingerprint density at radius 2 is 1.71 bits per heavy atom. The fourth-order valence-corrected chi connectivity index (χ4v) is 3.11. The molecule has 1 aliphatic rings. The second-order valence-corrected chi connectivity index (χ2v) is 5.67. The largest absolute Gasteiger partial charge is 0.490 e. The molecule has 1 aliphatic heterocycles. The molecule has 0 fully saturated rings. The average molecular weight is 333 g/mol. The lowest BCUT2D eigenvalue weighted by atomic mass is 9.89. The summed E-state index contributed by atoms with van der Waals surface area (Å²) in [6.45, 7) is 5.61. The molecule has 0 aliphatic carbocycles. The zero-order chi connectivity index (χ0) is 17.1. The zero-order valence-corrected chi connectivity index (χ0v) is 13.9. The van der Waals surface area contributed by atoms with Crippen molar-refractivity contribution in [3.8, 4) is 11.5 Å². The summed E-state index contributed by atoms with van der Waals surface area (Å²) in [5.41, 5.74) is 2.47. The van der Waals surface area contributed by atoms with Gasteiger partial charge in [-0.1, -0.05) is 6.07 Å². The molecule has 0 aromatic heterocycles. The first-order valence-electron chi connectivity index (χ1n) is 8.24. The minimum absolute atomic E-state index is 0.329. The molecule has 24 heavy (non-hydrogen) atoms. The molecule has 0 amide bonds. The molecule has 0 spiro atoms. The van der Waals surface area contributed by atoms with E-state index in [4.69, 9.17) is 9.47 Å². The van der Waals surface area contributed by atoms with Gasteiger partial charge in [0.15, 0.2) is 11.5 Å². The Morgan fingerprint density at radius 1 is 1.00 bits per heavy atom. The summed E-state index contributed by atoms with van der Waals surface area (Å²) in [7, 11) is 0. The molecule has 128 valence electrons. The smallest absolute Gasteiger partial charge is 0.161 e. The molecule has 0 radical (unpaired) electrons. The van der Waals surface area contributed by atoms with Gasteiger partial charge in [0.2, 0.25) is 0 Å². The Balaban J connectivity index is 2.07. The number of benzene rings is 2. The van der Waals surface area contributed by atoms with Crippen molar-refractivity contribution in [3.63, 3.8) is 0 Å². The van der Waals surface area contributed by atoms with E-state index in [-0.39, 0.29) is 6.04 Å². The molecule has 1 N–H and O–H groups in total. The fourth-order valence-electron chi connectivity index (χ4n) is 3.11. The van der Waals surface area contributed by atoms with Crippen LogP contribution in [0.15, 0.2) is 30.3 Å². The Hall–Kier alpha value is -2.14. The van der Waals surface area contributed by atoms with Crippen LogP contribution in [0.1, 0.15) is 36.6 Å². The van der Waals surface area contributed by atoms with Crippen LogP contribution in [0.3, 0.4) is 0 Å². The second kappa shape index (κ2) is 7.18. The standard InChI is InChI=1S/C19H21F2NO2/c1-3-23-17-9-12-7-8-22-19(15(12)11-18(17)24-4-2)14-6-5-13(20)10-16(14)21/h5-6,9-11,19,22H,3-4,7-8H2,1-2H3. The average Bonchev–Trinajstić information content (AvgIpc) is 2.56. The van der Waals surface area contributed by atoms with Crippen molar-refractivity contribution in [1.29, 1.82) is 0 Å². The molecule has 1 heterocycles. The SMILES string of the molecule is CCOc1cc2c(cc1OCC)C(c1ccc(F)cc1F)NCC2. The Morgan fingerprint density at radius 3 is 2.38 bits per heavy atom. The van der Waals surface area contributed by atoms with E-state index in [2.05, 4.69) is 5.32 Å². The molecule has 0 saturated carbocycles. The van der Waals surface area contributed by atoms with Crippen molar-refractivity contribution in [2.24, 2.45) is 0 Å². The molecule has 0 saturated heterocycles. The van der Waals surface area contributed by atoms with Crippen molar-refractivity contribution in [1.82, 2.24) is 5.32 Å². The maximum absolute atomic E-state index is 14.2. The van der Waals surface area contributed by atoms with Gasteiger partial charge in [-0.2, -0.15) is 0 Å². The van der Waals surface area contributed by atoms with Gasteiger partial charge < -0.3 is 14.8 Å². The summed E-state index contributed by atoms with van der Waals surface area (Å²) < 4.78 is 38.8. The normalized spacial score (nSPS) is 16.6. The minimum Gasteiger partial charge on any atom is -0.490 e. The zero-order valence-electron chi connectivity index (χ0n) is 13.9. The lowest BCUT2D eigenvalue weighted by molar-refractivity contribution is 0.286. The Labute approximate surface area is 140 Å². The van der Waals surface area contributed by atoms with E-state index >= 15 is 0 Å². The van der Waals surface area contributed by atoms with Gasteiger partial charge in [0.1, 0.15) is 11.6 Å². The van der Waals surface area contributed by atoms with Crippen molar-refractivity contribution < 1.29 is 18.3 Å². The number of rotatable bonds is 5. The molecular formula is C19H21F2NO2. The maximum Gasteiger partial charge on any atom is 0.161 e. The number of fused-ring (bicyclic) bond motifs is 1. The second-order valence-electron chi connectivity index (χ2n) is 5.67. The third-order valence-corrected chi connectivity index (χ3v) is 4.13. The van der Waals surface area contributed by atoms with E-state index in [0.717, 1.165) is 23.6 Å². The van der Waals surface area contributed by atoms with E-state index in [1.165, 1.54) is 12.1 Å². The van der Waals surface area contributed by atoms with E-state index in [0.29, 0.717) is 36.8 Å². The van der Waals surface area contributed by atoms with Crippen molar-refractivity contribution in [3.05, 3.63) is 58.7 Å². The monoisotopic (exact) mass is 333 g/mol. The molecule has 3 rings (SSSR count). The predicted molar refractivity (Wildman–Crippen MR) is 88.7 cm³/mol. The van der Waals surface area contributed by atoms with Crippen LogP contribution in [-0.4, -0.2) is 19.8 Å². The molecule has 1 unspecified atom stereocenters. The van der Waals surface area contributed by atoms with Gasteiger partial charge in [0, 0.05) is 18.2 Å². The fraction of sp³-hybridized carbons (Fsp3) is 0.368. The van der Waals surface area contributed by atoms with Crippen LogP contribution >= 0.6 is 0 Å². The van der Waals surface area contributed by atoms with Crippen molar-refractivity contribution in [2.45, 2.75) is 26.3 Å². The van der Waals surface area contributed by atoms with E-state index in [1.807, 2.05) is 26.0 Å². The van der Waals surface area contributed by atoms with Gasteiger partial charge in [-0.3, -0.25) is 0 Å². The summed E-state index contributed by atoms with van der Waals surface area (Å²) >= 11 is 0. The Kier molecular flexibility index (Phi) is 5.00. The van der Waals surface area contributed by atoms with Crippen LogP contribution in [0, 0.1) is 11.6 Å². The highest BCUT2D eigenvalue weighted by Crippen LogP contribution is 2.38. The summed E-state index contributed by atoms with van der Waals surface area (Å²) in [6, 6.07) is 7.25. The summed E-state index contributed by atoms with van der Waals surface area (Å²) in [5, 5.41) is 3.31. The quantitative estimate of drug-likeness (QED) is 0.897. The first kappa shape index (κ1) is 16.7. The highest BCUT2D eigenvalue weighted by Gasteiger charge is 2.26. The summed E-state index contributed by atoms with van der Waals surface area (Å²) in [5.74, 6) is 0.230. The molecule has 0 bridgehead atoms. The van der Waals surface area contributed by atoms with Crippen molar-refractivity contribution in [2.75, 3.05) is 19.8 Å². The van der Waals surface area contributed by atoms with Gasteiger partial charge in [0.25, 0.3) is 0 Å². The predicted octanol–water partition coefficient (Wildman–Crippen LogP) is 4.00. The highest BCUT2D eigenvalue weighted by molar-refractivity contribution is 5.51. The van der Waals surface area contributed by atoms with Crippen LogP contribution in [0.2, 0.25) is 0 Å². The molecule has 1 atom stereocenters. The van der Waals surface area contributed by atoms with E-state index in [9.17, 15) is 8.78 Å². The van der Waals surface area contributed by atoms with Crippen LogP contribution in [0.5, 0.6) is 11.5 Å². The van der Waals surface area contributed by atoms with Gasteiger partial charge in [-0.15, -0.1) is 0 Å². The molecular weight excluding hydrogens is 312 g/mol. The van der Waals surface area contributed by atoms with Gasteiger partial charge in [0.05, 0.1) is 19.3 Å². The lowest BCUT2D eigenvalue weighted by Gasteiger charge is -2.29. The topological polar surface area (TPSA) is 30.5 Å². The maximum atomic E-state index is 14.2. The molecule has 5 heteroatoms. The summed E-state index contributed by atoms with van der Waals surface area (Å²) in [6.07, 6.45) is 0.821. The highest BCUT2D eigenvalue weighted by atomic mass is 19.1.